The molecule has 1 spiro atoms. The third-order valence-electron chi connectivity index (χ3n) is 6.82. The van der Waals surface area contributed by atoms with Crippen molar-refractivity contribution >= 4 is 11.8 Å². The van der Waals surface area contributed by atoms with E-state index in [-0.39, 0.29) is 23.4 Å². The second-order valence-electron chi connectivity index (χ2n) is 8.02. The van der Waals surface area contributed by atoms with Gasteiger partial charge in [0.05, 0.1) is 23.6 Å². The van der Waals surface area contributed by atoms with Crippen molar-refractivity contribution < 1.29 is 9.59 Å². The number of H-pyrrole nitrogens is 1. The number of hydrogen-bond acceptors (Lipinski definition) is 4. The molecule has 1 aromatic rings. The lowest BCUT2D eigenvalue weighted by Crippen LogP contribution is -2.60. The fourth-order valence-electron chi connectivity index (χ4n) is 5.33. The Morgan fingerprint density at radius 2 is 2.00 bits per heavy atom. The van der Waals surface area contributed by atoms with Gasteiger partial charge in [0.25, 0.3) is 0 Å². The van der Waals surface area contributed by atoms with Crippen LogP contribution in [0.2, 0.25) is 0 Å². The van der Waals surface area contributed by atoms with Gasteiger partial charge in [0.15, 0.2) is 0 Å². The Bertz CT molecular complexity index is 707. The van der Waals surface area contributed by atoms with Crippen molar-refractivity contribution in [1.82, 2.24) is 24.7 Å². The van der Waals surface area contributed by atoms with Gasteiger partial charge in [0.2, 0.25) is 11.8 Å². The summed E-state index contributed by atoms with van der Waals surface area (Å²) in [6.07, 6.45) is 6.73. The maximum atomic E-state index is 13.1. The van der Waals surface area contributed by atoms with E-state index in [1.54, 1.807) is 6.33 Å². The van der Waals surface area contributed by atoms with Crippen LogP contribution in [0.3, 0.4) is 0 Å². The van der Waals surface area contributed by atoms with E-state index in [2.05, 4.69) is 21.8 Å². The third kappa shape index (κ3) is 2.96. The molecule has 4 heterocycles. The zero-order chi connectivity index (χ0) is 19.0. The lowest BCUT2D eigenvalue weighted by Gasteiger charge is -2.50. The van der Waals surface area contributed by atoms with Crippen molar-refractivity contribution in [2.75, 3.05) is 32.7 Å². The fraction of sp³-hybridized carbons (Fsp3) is 0.750. The van der Waals surface area contributed by atoms with Crippen LogP contribution in [0.4, 0.5) is 0 Å². The van der Waals surface area contributed by atoms with Gasteiger partial charge in [-0.25, -0.2) is 4.98 Å². The average Bonchev–Trinajstić information content (AvgIpc) is 3.37. The smallest absolute Gasteiger partial charge is 0.239 e. The van der Waals surface area contributed by atoms with Gasteiger partial charge >= 0.3 is 0 Å². The number of carbonyl (C=O) groups is 2. The molecule has 0 unspecified atom stereocenters. The SMILES string of the molecule is CCC(=O)N1CCc2[nH]cnc2C12CCN(C(=O)[C@@H]1CCCN1CC)CC2. The number of carbonyl (C=O) groups excluding carboxylic acids is 2. The molecule has 0 bridgehead atoms. The van der Waals surface area contributed by atoms with E-state index < -0.39 is 0 Å². The summed E-state index contributed by atoms with van der Waals surface area (Å²) >= 11 is 0. The summed E-state index contributed by atoms with van der Waals surface area (Å²) in [4.78, 5) is 40.0. The monoisotopic (exact) mass is 373 g/mol. The zero-order valence-corrected chi connectivity index (χ0v) is 16.5. The molecule has 4 rings (SSSR count). The Kier molecular flexibility index (Phi) is 4.97. The van der Waals surface area contributed by atoms with Crippen LogP contribution in [0.25, 0.3) is 0 Å². The van der Waals surface area contributed by atoms with E-state index >= 15 is 0 Å². The number of amides is 2. The number of likely N-dealkylation sites (N-methyl/N-ethyl adjacent to an activating group) is 1. The molecule has 2 saturated heterocycles. The molecule has 1 N–H and O–H groups in total. The van der Waals surface area contributed by atoms with E-state index in [4.69, 9.17) is 0 Å². The molecule has 2 amide bonds. The van der Waals surface area contributed by atoms with Gasteiger partial charge in [0, 0.05) is 38.2 Å². The normalized spacial score (nSPS) is 25.0. The first kappa shape index (κ1) is 18.5. The Hall–Kier alpha value is -1.89. The molecule has 3 aliphatic heterocycles. The number of rotatable bonds is 3. The van der Waals surface area contributed by atoms with Crippen LogP contribution in [0.15, 0.2) is 6.33 Å². The highest BCUT2D eigenvalue weighted by Crippen LogP contribution is 2.42. The molecule has 7 nitrogen and oxygen atoms in total. The number of likely N-dealkylation sites (tertiary alicyclic amines) is 2. The predicted octanol–water partition coefficient (Wildman–Crippen LogP) is 1.51. The highest BCUT2D eigenvalue weighted by Gasteiger charge is 2.49. The number of nitrogens with zero attached hydrogens (tertiary/aromatic N) is 4. The van der Waals surface area contributed by atoms with E-state index in [0.717, 1.165) is 63.1 Å². The van der Waals surface area contributed by atoms with Gasteiger partial charge in [-0.1, -0.05) is 13.8 Å². The standard InChI is InChI=1S/C20H31N5O2/c1-3-17(26)25-11-7-15-18(22-14-21-15)20(25)8-12-24(13-9-20)19(27)16-6-5-10-23(16)4-2/h14,16H,3-13H2,1-2H3,(H,21,22)/t16-/m0/s1. The van der Waals surface area contributed by atoms with E-state index in [0.29, 0.717) is 19.5 Å². The summed E-state index contributed by atoms with van der Waals surface area (Å²) in [6.45, 7) is 8.16. The van der Waals surface area contributed by atoms with Crippen LogP contribution < -0.4 is 0 Å². The number of nitrogens with one attached hydrogen (secondary N) is 1. The lowest BCUT2D eigenvalue weighted by molar-refractivity contribution is -0.145. The molecule has 0 aliphatic carbocycles. The molecule has 27 heavy (non-hydrogen) atoms. The minimum Gasteiger partial charge on any atom is -0.348 e. The summed E-state index contributed by atoms with van der Waals surface area (Å²) < 4.78 is 0. The largest absolute Gasteiger partial charge is 0.348 e. The zero-order valence-electron chi connectivity index (χ0n) is 16.5. The number of piperidine rings is 1. The maximum Gasteiger partial charge on any atom is 0.239 e. The van der Waals surface area contributed by atoms with Crippen molar-refractivity contribution in [3.63, 3.8) is 0 Å². The molecule has 0 radical (unpaired) electrons. The molecular formula is C20H31N5O2. The summed E-state index contributed by atoms with van der Waals surface area (Å²) in [5, 5.41) is 0. The van der Waals surface area contributed by atoms with Crippen molar-refractivity contribution in [2.45, 2.75) is 64.0 Å². The minimum absolute atomic E-state index is 0.0460. The van der Waals surface area contributed by atoms with E-state index in [1.807, 2.05) is 16.7 Å². The first-order chi connectivity index (χ1) is 13.1. The molecule has 2 fully saturated rings. The summed E-state index contributed by atoms with van der Waals surface area (Å²) in [5.74, 6) is 0.465. The molecule has 148 valence electrons. The lowest BCUT2D eigenvalue weighted by atomic mass is 9.78. The first-order valence-corrected chi connectivity index (χ1v) is 10.5. The van der Waals surface area contributed by atoms with Crippen molar-refractivity contribution in [3.8, 4) is 0 Å². The molecule has 0 aromatic carbocycles. The number of aromatic amines is 1. The van der Waals surface area contributed by atoms with Crippen molar-refractivity contribution in [1.29, 1.82) is 0 Å². The Morgan fingerprint density at radius 3 is 2.70 bits per heavy atom. The van der Waals surface area contributed by atoms with E-state index in [9.17, 15) is 9.59 Å². The van der Waals surface area contributed by atoms with E-state index in [1.165, 1.54) is 0 Å². The third-order valence-corrected chi connectivity index (χ3v) is 6.82. The summed E-state index contributed by atoms with van der Waals surface area (Å²) in [6, 6.07) is 0.0460. The number of hydrogen-bond donors (Lipinski definition) is 1. The van der Waals surface area contributed by atoms with Crippen LogP contribution in [-0.2, 0) is 21.5 Å². The van der Waals surface area contributed by atoms with Crippen LogP contribution in [0.1, 0.15) is 57.3 Å². The average molecular weight is 374 g/mol. The van der Waals surface area contributed by atoms with Gasteiger partial charge in [-0.3, -0.25) is 14.5 Å². The molecule has 1 atom stereocenters. The molecule has 1 aromatic heterocycles. The first-order valence-electron chi connectivity index (χ1n) is 10.5. The Labute approximate surface area is 161 Å². The van der Waals surface area contributed by atoms with Gasteiger partial charge in [0.1, 0.15) is 0 Å². The Morgan fingerprint density at radius 1 is 1.22 bits per heavy atom. The van der Waals surface area contributed by atoms with Crippen molar-refractivity contribution in [2.24, 2.45) is 0 Å². The summed E-state index contributed by atoms with van der Waals surface area (Å²) in [5.41, 5.74) is 1.83. The fourth-order valence-corrected chi connectivity index (χ4v) is 5.33. The van der Waals surface area contributed by atoms with Crippen molar-refractivity contribution in [3.05, 3.63) is 17.7 Å². The highest BCUT2D eigenvalue weighted by molar-refractivity contribution is 5.82. The van der Waals surface area contributed by atoms with Crippen LogP contribution >= 0.6 is 0 Å². The van der Waals surface area contributed by atoms with Gasteiger partial charge in [-0.15, -0.1) is 0 Å². The topological polar surface area (TPSA) is 72.5 Å². The molecule has 0 saturated carbocycles. The number of fused-ring (bicyclic) bond motifs is 2. The highest BCUT2D eigenvalue weighted by atomic mass is 16.2. The molecular weight excluding hydrogens is 342 g/mol. The van der Waals surface area contributed by atoms with Crippen LogP contribution in [0, 0.1) is 0 Å². The summed E-state index contributed by atoms with van der Waals surface area (Å²) in [7, 11) is 0. The van der Waals surface area contributed by atoms with Gasteiger partial charge < -0.3 is 14.8 Å². The predicted molar refractivity (Wildman–Crippen MR) is 102 cm³/mol. The Balaban J connectivity index is 1.54. The number of imidazole rings is 1. The second kappa shape index (κ2) is 7.26. The van der Waals surface area contributed by atoms with Crippen LogP contribution in [0.5, 0.6) is 0 Å². The molecule has 3 aliphatic rings. The van der Waals surface area contributed by atoms with Gasteiger partial charge in [-0.05, 0) is 38.8 Å². The minimum atomic E-state index is -0.350. The van der Waals surface area contributed by atoms with Crippen LogP contribution in [-0.4, -0.2) is 75.2 Å². The second-order valence-corrected chi connectivity index (χ2v) is 8.02. The quantitative estimate of drug-likeness (QED) is 0.872. The maximum absolute atomic E-state index is 13.1. The number of aromatic nitrogens is 2. The van der Waals surface area contributed by atoms with Gasteiger partial charge in [-0.2, -0.15) is 0 Å². The molecule has 7 heteroatoms.